The van der Waals surface area contributed by atoms with E-state index in [1.165, 1.54) is 5.56 Å². The average molecular weight is 373 g/mol. The van der Waals surface area contributed by atoms with Gasteiger partial charge in [-0.1, -0.05) is 42.1 Å². The molecule has 3 aromatic rings. The monoisotopic (exact) mass is 373 g/mol. The van der Waals surface area contributed by atoms with Gasteiger partial charge in [-0.2, -0.15) is 4.98 Å². The Morgan fingerprint density at radius 3 is 2.81 bits per heavy atom. The van der Waals surface area contributed by atoms with Crippen LogP contribution in [0.2, 0.25) is 0 Å². The number of imidazole rings is 1. The predicted molar refractivity (Wildman–Crippen MR) is 97.4 cm³/mol. The summed E-state index contributed by atoms with van der Waals surface area (Å²) < 4.78 is 7.43. The third kappa shape index (κ3) is 3.26. The molecule has 1 aromatic carbocycles. The van der Waals surface area contributed by atoms with Gasteiger partial charge in [0.1, 0.15) is 22.9 Å². The maximum absolute atomic E-state index is 9.97. The first kappa shape index (κ1) is 17.2. The average Bonchev–Trinajstić information content (AvgIpc) is 3.23. The number of aliphatic hydroxyl groups excluding tert-OH is 2. The zero-order valence-electron chi connectivity index (χ0n) is 13.9. The number of ether oxygens (including phenoxy) is 1. The molecular formula is C17H19N5O3S. The lowest BCUT2D eigenvalue weighted by atomic mass is 10.2. The molecule has 26 heavy (non-hydrogen) atoms. The largest absolute Gasteiger partial charge is 0.394 e. The highest BCUT2D eigenvalue weighted by atomic mass is 32.2. The molecule has 1 aliphatic heterocycles. The van der Waals surface area contributed by atoms with Gasteiger partial charge in [-0.25, -0.2) is 9.97 Å². The van der Waals surface area contributed by atoms with Crippen molar-refractivity contribution in [2.45, 2.75) is 35.6 Å². The Morgan fingerprint density at radius 2 is 2.08 bits per heavy atom. The fourth-order valence-corrected chi connectivity index (χ4v) is 3.93. The summed E-state index contributed by atoms with van der Waals surface area (Å²) >= 11 is 1.54. The zero-order valence-corrected chi connectivity index (χ0v) is 14.7. The van der Waals surface area contributed by atoms with Gasteiger partial charge < -0.3 is 20.7 Å². The van der Waals surface area contributed by atoms with Gasteiger partial charge in [0.25, 0.3) is 0 Å². The van der Waals surface area contributed by atoms with E-state index in [0.717, 1.165) is 5.75 Å². The smallest absolute Gasteiger partial charge is 0.223 e. The minimum atomic E-state index is -0.728. The second-order valence-corrected chi connectivity index (χ2v) is 7.06. The number of nitrogens with zero attached hydrogens (tertiary/aromatic N) is 4. The minimum absolute atomic E-state index is 0.159. The number of nitrogens with two attached hydrogens (primary N) is 1. The predicted octanol–water partition coefficient (Wildman–Crippen LogP) is 1.34. The van der Waals surface area contributed by atoms with Crippen LogP contribution in [0.4, 0.5) is 5.95 Å². The SMILES string of the molecule is Nc1nc(SCc2ccccc2)c2ncn([C@H]3C[C@H](O)[C@H](CO)O3)c2n1. The molecule has 8 nitrogen and oxygen atoms in total. The summed E-state index contributed by atoms with van der Waals surface area (Å²) in [5.74, 6) is 0.900. The summed E-state index contributed by atoms with van der Waals surface area (Å²) in [4.78, 5) is 13.1. The third-order valence-corrected chi connectivity index (χ3v) is 5.36. The molecular weight excluding hydrogens is 354 g/mol. The number of anilines is 1. The molecule has 0 radical (unpaired) electrons. The van der Waals surface area contributed by atoms with Gasteiger partial charge in [0.2, 0.25) is 5.95 Å². The van der Waals surface area contributed by atoms with Crippen molar-refractivity contribution in [2.24, 2.45) is 0 Å². The number of thioether (sulfide) groups is 1. The Morgan fingerprint density at radius 1 is 1.27 bits per heavy atom. The molecule has 4 N–H and O–H groups in total. The summed E-state index contributed by atoms with van der Waals surface area (Å²) in [5.41, 5.74) is 8.27. The fourth-order valence-electron chi connectivity index (χ4n) is 2.99. The number of nitrogen functional groups attached to an aromatic ring is 1. The number of benzene rings is 1. The van der Waals surface area contributed by atoms with Crippen molar-refractivity contribution in [3.05, 3.63) is 42.2 Å². The van der Waals surface area contributed by atoms with Crippen LogP contribution in [0.3, 0.4) is 0 Å². The van der Waals surface area contributed by atoms with Gasteiger partial charge in [-0.15, -0.1) is 0 Å². The van der Waals surface area contributed by atoms with E-state index in [1.54, 1.807) is 22.7 Å². The molecule has 0 amide bonds. The van der Waals surface area contributed by atoms with Crippen molar-refractivity contribution in [3.8, 4) is 0 Å². The first-order valence-corrected chi connectivity index (χ1v) is 9.25. The number of hydrogen-bond donors (Lipinski definition) is 3. The first-order valence-electron chi connectivity index (χ1n) is 8.27. The lowest BCUT2D eigenvalue weighted by Crippen LogP contribution is -2.24. The van der Waals surface area contributed by atoms with Crippen molar-refractivity contribution in [3.63, 3.8) is 0 Å². The van der Waals surface area contributed by atoms with E-state index in [-0.39, 0.29) is 12.6 Å². The molecule has 1 saturated heterocycles. The highest BCUT2D eigenvalue weighted by molar-refractivity contribution is 7.98. The Balaban J connectivity index is 1.63. The summed E-state index contributed by atoms with van der Waals surface area (Å²) in [5, 5.41) is 19.9. The highest BCUT2D eigenvalue weighted by Gasteiger charge is 2.35. The van der Waals surface area contributed by atoms with Crippen LogP contribution in [0.25, 0.3) is 11.2 Å². The lowest BCUT2D eigenvalue weighted by Gasteiger charge is -2.13. The van der Waals surface area contributed by atoms with Crippen LogP contribution >= 0.6 is 11.8 Å². The zero-order chi connectivity index (χ0) is 18.1. The Kier molecular flexibility index (Phi) is 4.77. The second kappa shape index (κ2) is 7.20. The Bertz CT molecular complexity index is 904. The van der Waals surface area contributed by atoms with Crippen LogP contribution in [-0.2, 0) is 10.5 Å². The molecule has 0 bridgehead atoms. The van der Waals surface area contributed by atoms with Gasteiger partial charge in [0.15, 0.2) is 5.65 Å². The number of hydrogen-bond acceptors (Lipinski definition) is 8. The second-order valence-electron chi connectivity index (χ2n) is 6.10. The molecule has 0 aliphatic carbocycles. The minimum Gasteiger partial charge on any atom is -0.394 e. The molecule has 0 spiro atoms. The topological polar surface area (TPSA) is 119 Å². The highest BCUT2D eigenvalue weighted by Crippen LogP contribution is 2.33. The summed E-state index contributed by atoms with van der Waals surface area (Å²) in [6.07, 6.45) is 0.181. The van der Waals surface area contributed by atoms with Crippen molar-refractivity contribution in [1.82, 2.24) is 19.5 Å². The molecule has 3 heterocycles. The molecule has 4 rings (SSSR count). The van der Waals surface area contributed by atoms with E-state index in [1.807, 2.05) is 18.2 Å². The number of aromatic nitrogens is 4. The maximum Gasteiger partial charge on any atom is 0.223 e. The van der Waals surface area contributed by atoms with E-state index in [4.69, 9.17) is 10.5 Å². The van der Waals surface area contributed by atoms with E-state index in [2.05, 4.69) is 27.1 Å². The molecule has 1 fully saturated rings. The van der Waals surface area contributed by atoms with Crippen LogP contribution in [0.15, 0.2) is 41.7 Å². The lowest BCUT2D eigenvalue weighted by molar-refractivity contribution is -0.0432. The van der Waals surface area contributed by atoms with Crippen molar-refractivity contribution in [2.75, 3.05) is 12.3 Å². The van der Waals surface area contributed by atoms with Gasteiger partial charge in [0.05, 0.1) is 19.0 Å². The molecule has 2 aromatic heterocycles. The normalized spacial score (nSPS) is 22.9. The maximum atomic E-state index is 9.97. The van der Waals surface area contributed by atoms with Crippen LogP contribution in [0.1, 0.15) is 18.2 Å². The third-order valence-electron chi connectivity index (χ3n) is 4.32. The van der Waals surface area contributed by atoms with Crippen molar-refractivity contribution in [1.29, 1.82) is 0 Å². The van der Waals surface area contributed by atoms with Crippen molar-refractivity contribution >= 4 is 28.9 Å². The molecule has 9 heteroatoms. The van der Waals surface area contributed by atoms with Gasteiger partial charge in [-0.3, -0.25) is 4.57 Å². The van der Waals surface area contributed by atoms with E-state index < -0.39 is 18.4 Å². The summed E-state index contributed by atoms with van der Waals surface area (Å²) in [6, 6.07) is 10.1. The molecule has 0 unspecified atom stereocenters. The summed E-state index contributed by atoms with van der Waals surface area (Å²) in [6.45, 7) is -0.237. The van der Waals surface area contributed by atoms with Gasteiger partial charge >= 0.3 is 0 Å². The number of rotatable bonds is 5. The van der Waals surface area contributed by atoms with E-state index in [9.17, 15) is 10.2 Å². The van der Waals surface area contributed by atoms with Crippen LogP contribution in [0.5, 0.6) is 0 Å². The standard InChI is InChI=1S/C17H19N5O3S/c18-17-20-15-14(16(21-17)26-8-10-4-2-1-3-5-10)19-9-22(15)13-6-11(24)12(7-23)25-13/h1-5,9,11-13,23-24H,6-8H2,(H2,18,20,21)/t11-,12-,13+/m0/s1. The van der Waals surface area contributed by atoms with Crippen LogP contribution < -0.4 is 5.73 Å². The Labute approximate surface area is 154 Å². The van der Waals surface area contributed by atoms with E-state index in [0.29, 0.717) is 22.6 Å². The van der Waals surface area contributed by atoms with Gasteiger partial charge in [-0.05, 0) is 5.56 Å². The quantitative estimate of drug-likeness (QED) is 0.453. The molecule has 136 valence electrons. The molecule has 3 atom stereocenters. The van der Waals surface area contributed by atoms with Crippen LogP contribution in [-0.4, -0.2) is 48.5 Å². The number of fused-ring (bicyclic) bond motifs is 1. The first-order chi connectivity index (χ1) is 12.7. The van der Waals surface area contributed by atoms with E-state index >= 15 is 0 Å². The van der Waals surface area contributed by atoms with Gasteiger partial charge in [0, 0.05) is 12.2 Å². The van der Waals surface area contributed by atoms with Crippen molar-refractivity contribution < 1.29 is 14.9 Å². The Hall–Kier alpha value is -2.20. The fraction of sp³-hybridized carbons (Fsp3) is 0.353. The number of aliphatic hydroxyl groups is 2. The van der Waals surface area contributed by atoms with Crippen LogP contribution in [0, 0.1) is 0 Å². The summed E-state index contributed by atoms with van der Waals surface area (Å²) in [7, 11) is 0. The molecule has 1 aliphatic rings. The molecule has 0 saturated carbocycles.